The lowest BCUT2D eigenvalue weighted by molar-refractivity contribution is -0.384. The normalized spacial score (nSPS) is 10.7. The lowest BCUT2D eigenvalue weighted by Gasteiger charge is -2.22. The van der Waals surface area contributed by atoms with Gasteiger partial charge in [-0.15, -0.1) is 0 Å². The summed E-state index contributed by atoms with van der Waals surface area (Å²) in [4.78, 5) is 24.8. The van der Waals surface area contributed by atoms with Gasteiger partial charge in [0.15, 0.2) is 0 Å². The number of nitro benzene ring substituents is 1. The van der Waals surface area contributed by atoms with Crippen molar-refractivity contribution in [3.63, 3.8) is 0 Å². The van der Waals surface area contributed by atoms with Gasteiger partial charge in [0.2, 0.25) is 0 Å². The molecule has 0 fully saturated rings. The van der Waals surface area contributed by atoms with Crippen LogP contribution in [0.25, 0.3) is 0 Å². The Morgan fingerprint density at radius 1 is 1.19 bits per heavy atom. The third kappa shape index (κ3) is 4.66. The van der Waals surface area contributed by atoms with Crippen molar-refractivity contribution in [1.29, 1.82) is 0 Å². The van der Waals surface area contributed by atoms with E-state index in [2.05, 4.69) is 15.4 Å². The molecule has 0 unspecified atom stereocenters. The highest BCUT2D eigenvalue weighted by Crippen LogP contribution is 2.24. The first-order chi connectivity index (χ1) is 12.5. The topological polar surface area (TPSA) is 87.8 Å². The number of nitrogens with zero attached hydrogens (tertiary/aromatic N) is 3. The maximum Gasteiger partial charge on any atom is 0.271 e. The molecule has 7 nitrogen and oxygen atoms in total. The maximum atomic E-state index is 12.1. The van der Waals surface area contributed by atoms with Crippen LogP contribution in [0.15, 0.2) is 47.6 Å². The van der Waals surface area contributed by atoms with Crippen molar-refractivity contribution in [2.45, 2.75) is 20.8 Å². The highest BCUT2D eigenvalue weighted by molar-refractivity contribution is 5.95. The standard InChI is InChI=1S/C19H22N4O3/c1-4-22(5-2)18-11-10-17(23(25)26)12-16(18)13-20-21-19(24)15-8-6-14(3)7-9-15/h6-13H,4-5H2,1-3H3,(H,21,24)/b20-13+. The van der Waals surface area contributed by atoms with E-state index in [4.69, 9.17) is 0 Å². The molecule has 0 saturated heterocycles. The van der Waals surface area contributed by atoms with Crippen molar-refractivity contribution in [2.24, 2.45) is 5.10 Å². The summed E-state index contributed by atoms with van der Waals surface area (Å²) in [6.07, 6.45) is 1.44. The minimum Gasteiger partial charge on any atom is -0.372 e. The van der Waals surface area contributed by atoms with Gasteiger partial charge in [0.05, 0.1) is 11.1 Å². The van der Waals surface area contributed by atoms with Crippen molar-refractivity contribution >= 4 is 23.5 Å². The first kappa shape index (κ1) is 19.1. The lowest BCUT2D eigenvalue weighted by atomic mass is 10.1. The van der Waals surface area contributed by atoms with Gasteiger partial charge in [-0.3, -0.25) is 14.9 Å². The van der Waals surface area contributed by atoms with Crippen molar-refractivity contribution in [2.75, 3.05) is 18.0 Å². The van der Waals surface area contributed by atoms with Gasteiger partial charge >= 0.3 is 0 Å². The van der Waals surface area contributed by atoms with E-state index >= 15 is 0 Å². The summed E-state index contributed by atoms with van der Waals surface area (Å²) < 4.78 is 0. The number of amides is 1. The molecule has 2 rings (SSSR count). The quantitative estimate of drug-likeness (QED) is 0.468. The summed E-state index contributed by atoms with van der Waals surface area (Å²) in [5.74, 6) is -0.337. The van der Waals surface area contributed by atoms with Crippen LogP contribution in [0.4, 0.5) is 11.4 Å². The summed E-state index contributed by atoms with van der Waals surface area (Å²) in [7, 11) is 0. The Morgan fingerprint density at radius 3 is 2.42 bits per heavy atom. The first-order valence-corrected chi connectivity index (χ1v) is 8.39. The molecule has 0 aliphatic carbocycles. The predicted molar refractivity (Wildman–Crippen MR) is 103 cm³/mol. The van der Waals surface area contributed by atoms with E-state index in [0.29, 0.717) is 11.1 Å². The minimum atomic E-state index is -0.450. The number of aryl methyl sites for hydroxylation is 1. The minimum absolute atomic E-state index is 0.0211. The molecule has 0 atom stereocenters. The van der Waals surface area contributed by atoms with Crippen LogP contribution in [0, 0.1) is 17.0 Å². The van der Waals surface area contributed by atoms with Crippen molar-refractivity contribution in [3.05, 3.63) is 69.3 Å². The molecule has 0 radical (unpaired) electrons. The number of nitrogens with one attached hydrogen (secondary N) is 1. The van der Waals surface area contributed by atoms with Gasteiger partial charge in [-0.1, -0.05) is 17.7 Å². The van der Waals surface area contributed by atoms with Crippen LogP contribution in [0.1, 0.15) is 35.3 Å². The number of carbonyl (C=O) groups is 1. The van der Waals surface area contributed by atoms with Crippen LogP contribution in [-0.4, -0.2) is 30.1 Å². The molecule has 2 aromatic rings. The molecular weight excluding hydrogens is 332 g/mol. The number of hydrazone groups is 1. The molecule has 0 heterocycles. The molecule has 1 amide bonds. The fourth-order valence-electron chi connectivity index (χ4n) is 2.54. The SMILES string of the molecule is CCN(CC)c1ccc([N+](=O)[O-])cc1/C=N/NC(=O)c1ccc(C)cc1. The van der Waals surface area contributed by atoms with E-state index in [1.807, 2.05) is 32.9 Å². The van der Waals surface area contributed by atoms with Gasteiger partial charge < -0.3 is 4.90 Å². The average molecular weight is 354 g/mol. The summed E-state index contributed by atoms with van der Waals surface area (Å²) in [6.45, 7) is 7.46. The fourth-order valence-corrected chi connectivity index (χ4v) is 2.54. The number of nitro groups is 1. The smallest absolute Gasteiger partial charge is 0.271 e. The highest BCUT2D eigenvalue weighted by atomic mass is 16.6. The second kappa shape index (κ2) is 8.75. The van der Waals surface area contributed by atoms with Crippen molar-refractivity contribution < 1.29 is 9.72 Å². The van der Waals surface area contributed by atoms with Gasteiger partial charge in [-0.2, -0.15) is 5.10 Å². The number of anilines is 1. The van der Waals surface area contributed by atoms with Gasteiger partial charge in [0.1, 0.15) is 0 Å². The predicted octanol–water partition coefficient (Wildman–Crippen LogP) is 3.51. The highest BCUT2D eigenvalue weighted by Gasteiger charge is 2.13. The van der Waals surface area contributed by atoms with Gasteiger partial charge in [0.25, 0.3) is 11.6 Å². The van der Waals surface area contributed by atoms with Gasteiger partial charge in [-0.25, -0.2) is 5.43 Å². The molecule has 26 heavy (non-hydrogen) atoms. The lowest BCUT2D eigenvalue weighted by Crippen LogP contribution is -2.23. The van der Waals surface area contributed by atoms with E-state index < -0.39 is 4.92 Å². The molecule has 136 valence electrons. The fraction of sp³-hybridized carbons (Fsp3) is 0.263. The molecule has 0 bridgehead atoms. The van der Waals surface area contributed by atoms with Crippen molar-refractivity contribution in [1.82, 2.24) is 5.43 Å². The van der Waals surface area contributed by atoms with Crippen LogP contribution in [0.3, 0.4) is 0 Å². The Labute approximate surface area is 152 Å². The zero-order chi connectivity index (χ0) is 19.1. The van der Waals surface area contributed by atoms with Crippen molar-refractivity contribution in [3.8, 4) is 0 Å². The zero-order valence-corrected chi connectivity index (χ0v) is 15.1. The number of hydrogen-bond donors (Lipinski definition) is 1. The van der Waals surface area contributed by atoms with Gasteiger partial charge in [-0.05, 0) is 39.0 Å². The maximum absolute atomic E-state index is 12.1. The van der Waals surface area contributed by atoms with E-state index in [9.17, 15) is 14.9 Å². The summed E-state index contributed by atoms with van der Waals surface area (Å²) in [6, 6.07) is 11.7. The van der Waals surface area contributed by atoms with Crippen LogP contribution in [0.2, 0.25) is 0 Å². The number of hydrogen-bond acceptors (Lipinski definition) is 5. The third-order valence-corrected chi connectivity index (χ3v) is 4.01. The largest absolute Gasteiger partial charge is 0.372 e. The Morgan fingerprint density at radius 2 is 1.85 bits per heavy atom. The average Bonchev–Trinajstić information content (AvgIpc) is 2.64. The molecule has 7 heteroatoms. The number of carbonyl (C=O) groups excluding carboxylic acids is 1. The molecule has 2 aromatic carbocycles. The van der Waals surface area contributed by atoms with Crippen LogP contribution in [0.5, 0.6) is 0 Å². The molecular formula is C19H22N4O3. The number of non-ortho nitro benzene ring substituents is 1. The Kier molecular flexibility index (Phi) is 6.43. The molecule has 0 aromatic heterocycles. The van der Waals surface area contributed by atoms with E-state index in [1.165, 1.54) is 18.3 Å². The second-order valence-corrected chi connectivity index (χ2v) is 5.74. The first-order valence-electron chi connectivity index (χ1n) is 8.39. The molecule has 0 saturated carbocycles. The van der Waals surface area contributed by atoms with Crippen LogP contribution in [-0.2, 0) is 0 Å². The Bertz CT molecular complexity index is 812. The Balaban J connectivity index is 2.23. The van der Waals surface area contributed by atoms with Crippen LogP contribution < -0.4 is 10.3 Å². The molecule has 0 aliphatic heterocycles. The Hall–Kier alpha value is -3.22. The number of rotatable bonds is 7. The molecule has 1 N–H and O–H groups in total. The second-order valence-electron chi connectivity index (χ2n) is 5.74. The summed E-state index contributed by atoms with van der Waals surface area (Å²) in [5, 5.41) is 15.0. The number of benzene rings is 2. The monoisotopic (exact) mass is 354 g/mol. The third-order valence-electron chi connectivity index (χ3n) is 4.01. The zero-order valence-electron chi connectivity index (χ0n) is 15.1. The molecule has 0 aliphatic rings. The van der Waals surface area contributed by atoms with E-state index in [-0.39, 0.29) is 11.6 Å². The van der Waals surface area contributed by atoms with Crippen LogP contribution >= 0.6 is 0 Å². The van der Waals surface area contributed by atoms with Gasteiger partial charge in [0, 0.05) is 42.0 Å². The summed E-state index contributed by atoms with van der Waals surface area (Å²) in [5.41, 5.74) is 5.40. The van der Waals surface area contributed by atoms with E-state index in [1.54, 1.807) is 18.2 Å². The summed E-state index contributed by atoms with van der Waals surface area (Å²) >= 11 is 0. The van der Waals surface area contributed by atoms with E-state index in [0.717, 1.165) is 24.3 Å². The molecule has 0 spiro atoms.